The molecule has 1 amide bonds. The van der Waals surface area contributed by atoms with Gasteiger partial charge in [-0.3, -0.25) is 4.79 Å². The third-order valence-electron chi connectivity index (χ3n) is 4.53. The Hall–Kier alpha value is -1.71. The minimum absolute atomic E-state index is 0.0714. The zero-order chi connectivity index (χ0) is 15.7. The number of rotatable bonds is 3. The topological polar surface area (TPSA) is 38.8 Å². The van der Waals surface area contributed by atoms with Crippen molar-refractivity contribution in [3.8, 4) is 11.5 Å². The smallest absolute Gasteiger partial charge is 0.260 e. The van der Waals surface area contributed by atoms with E-state index in [2.05, 4.69) is 26.8 Å². The predicted octanol–water partition coefficient (Wildman–Crippen LogP) is 3.18. The number of piperidine rings is 1. The van der Waals surface area contributed by atoms with Gasteiger partial charge in [0.2, 0.25) is 0 Å². The summed E-state index contributed by atoms with van der Waals surface area (Å²) < 4.78 is 11.8. The van der Waals surface area contributed by atoms with Gasteiger partial charge in [0.15, 0.2) is 18.1 Å². The van der Waals surface area contributed by atoms with Gasteiger partial charge in [0.25, 0.3) is 5.91 Å². The number of fused-ring (bicyclic) bond motifs is 1. The minimum atomic E-state index is -0.201. The SMILES string of the molecule is C[C@H]1CCCCN1C(=O)COc1cccc2c1OC(C)(C)C2. The molecule has 22 heavy (non-hydrogen) atoms. The van der Waals surface area contributed by atoms with Crippen LogP contribution in [0.25, 0.3) is 0 Å². The number of hydrogen-bond acceptors (Lipinski definition) is 3. The van der Waals surface area contributed by atoms with E-state index in [-0.39, 0.29) is 18.1 Å². The Morgan fingerprint density at radius 2 is 2.23 bits per heavy atom. The van der Waals surface area contributed by atoms with Crippen LogP contribution in [0.3, 0.4) is 0 Å². The molecule has 1 fully saturated rings. The van der Waals surface area contributed by atoms with Crippen LogP contribution < -0.4 is 9.47 Å². The molecule has 0 spiro atoms. The molecule has 0 unspecified atom stereocenters. The fraction of sp³-hybridized carbons (Fsp3) is 0.611. The highest BCUT2D eigenvalue weighted by Crippen LogP contribution is 2.41. The predicted molar refractivity (Wildman–Crippen MR) is 85.4 cm³/mol. The molecular weight excluding hydrogens is 278 g/mol. The van der Waals surface area contributed by atoms with Gasteiger partial charge in [-0.05, 0) is 46.1 Å². The second-order valence-corrected chi connectivity index (χ2v) is 7.00. The van der Waals surface area contributed by atoms with Crippen LogP contribution in [0.1, 0.15) is 45.6 Å². The van der Waals surface area contributed by atoms with Crippen molar-refractivity contribution in [3.05, 3.63) is 23.8 Å². The molecular formula is C18H25NO3. The van der Waals surface area contributed by atoms with E-state index in [1.807, 2.05) is 17.0 Å². The fourth-order valence-corrected chi connectivity index (χ4v) is 3.39. The maximum absolute atomic E-state index is 12.4. The maximum atomic E-state index is 12.4. The number of carbonyl (C=O) groups excluding carboxylic acids is 1. The van der Waals surface area contributed by atoms with E-state index in [4.69, 9.17) is 9.47 Å². The van der Waals surface area contributed by atoms with Crippen LogP contribution in [-0.4, -0.2) is 35.6 Å². The molecule has 0 aromatic heterocycles. The lowest BCUT2D eigenvalue weighted by molar-refractivity contribution is -0.136. The minimum Gasteiger partial charge on any atom is -0.483 e. The third-order valence-corrected chi connectivity index (χ3v) is 4.53. The van der Waals surface area contributed by atoms with E-state index in [0.717, 1.165) is 37.1 Å². The van der Waals surface area contributed by atoms with Gasteiger partial charge in [-0.1, -0.05) is 12.1 Å². The van der Waals surface area contributed by atoms with Gasteiger partial charge < -0.3 is 14.4 Å². The number of ether oxygens (including phenoxy) is 2. The summed E-state index contributed by atoms with van der Waals surface area (Å²) in [4.78, 5) is 14.3. The fourth-order valence-electron chi connectivity index (χ4n) is 3.39. The lowest BCUT2D eigenvalue weighted by Crippen LogP contribution is -2.44. The molecule has 0 radical (unpaired) electrons. The van der Waals surface area contributed by atoms with E-state index in [0.29, 0.717) is 11.8 Å². The summed E-state index contributed by atoms with van der Waals surface area (Å²) in [7, 11) is 0. The summed E-state index contributed by atoms with van der Waals surface area (Å²) in [6, 6.07) is 6.23. The normalized spacial score (nSPS) is 22.9. The van der Waals surface area contributed by atoms with Crippen molar-refractivity contribution >= 4 is 5.91 Å². The highest BCUT2D eigenvalue weighted by atomic mass is 16.5. The van der Waals surface area contributed by atoms with E-state index >= 15 is 0 Å². The molecule has 0 N–H and O–H groups in total. The summed E-state index contributed by atoms with van der Waals surface area (Å²) in [6.07, 6.45) is 4.26. The number of nitrogens with zero attached hydrogens (tertiary/aromatic N) is 1. The Kier molecular flexibility index (Phi) is 4.02. The lowest BCUT2D eigenvalue weighted by atomic mass is 10.0. The van der Waals surface area contributed by atoms with Gasteiger partial charge >= 0.3 is 0 Å². The van der Waals surface area contributed by atoms with Gasteiger partial charge in [-0.15, -0.1) is 0 Å². The monoisotopic (exact) mass is 303 g/mol. The number of likely N-dealkylation sites (tertiary alicyclic amines) is 1. The van der Waals surface area contributed by atoms with Gasteiger partial charge in [0, 0.05) is 24.6 Å². The molecule has 1 aromatic rings. The summed E-state index contributed by atoms with van der Waals surface area (Å²) in [5.41, 5.74) is 0.953. The first kappa shape index (κ1) is 15.2. The Morgan fingerprint density at radius 1 is 1.41 bits per heavy atom. The zero-order valence-corrected chi connectivity index (χ0v) is 13.7. The number of para-hydroxylation sites is 1. The molecule has 0 bridgehead atoms. The lowest BCUT2D eigenvalue weighted by Gasteiger charge is -2.33. The first-order valence-corrected chi connectivity index (χ1v) is 8.19. The molecule has 1 saturated heterocycles. The van der Waals surface area contributed by atoms with Gasteiger partial charge in [0.05, 0.1) is 0 Å². The van der Waals surface area contributed by atoms with Gasteiger partial charge in [-0.25, -0.2) is 0 Å². The molecule has 0 saturated carbocycles. The molecule has 2 aliphatic rings. The number of carbonyl (C=O) groups is 1. The van der Waals surface area contributed by atoms with Crippen LogP contribution in [0.2, 0.25) is 0 Å². The van der Waals surface area contributed by atoms with Crippen LogP contribution in [0.4, 0.5) is 0 Å². The van der Waals surface area contributed by atoms with E-state index < -0.39 is 0 Å². The average molecular weight is 303 g/mol. The molecule has 1 aromatic carbocycles. The van der Waals surface area contributed by atoms with Crippen LogP contribution >= 0.6 is 0 Å². The van der Waals surface area contributed by atoms with Crippen LogP contribution in [-0.2, 0) is 11.2 Å². The third kappa shape index (κ3) is 3.06. The summed E-state index contributed by atoms with van der Waals surface area (Å²) in [5.74, 6) is 1.55. The molecule has 3 rings (SSSR count). The van der Waals surface area contributed by atoms with Crippen molar-refractivity contribution in [3.63, 3.8) is 0 Å². The highest BCUT2D eigenvalue weighted by molar-refractivity contribution is 5.78. The van der Waals surface area contributed by atoms with Crippen LogP contribution in [0, 0.1) is 0 Å². The van der Waals surface area contributed by atoms with Gasteiger partial charge in [-0.2, -0.15) is 0 Å². The summed E-state index contributed by atoms with van der Waals surface area (Å²) in [5, 5.41) is 0. The average Bonchev–Trinajstić information content (AvgIpc) is 2.79. The Bertz CT molecular complexity index is 567. The van der Waals surface area contributed by atoms with Crippen molar-refractivity contribution in [1.29, 1.82) is 0 Å². The number of hydrogen-bond donors (Lipinski definition) is 0. The zero-order valence-electron chi connectivity index (χ0n) is 13.7. The van der Waals surface area contributed by atoms with E-state index in [1.165, 1.54) is 6.42 Å². The van der Waals surface area contributed by atoms with E-state index in [1.54, 1.807) is 0 Å². The highest BCUT2D eigenvalue weighted by Gasteiger charge is 2.32. The molecule has 4 nitrogen and oxygen atoms in total. The maximum Gasteiger partial charge on any atom is 0.260 e. The summed E-state index contributed by atoms with van der Waals surface area (Å²) in [6.45, 7) is 7.18. The second kappa shape index (κ2) is 5.82. The first-order chi connectivity index (χ1) is 10.5. The van der Waals surface area contributed by atoms with Crippen LogP contribution in [0.5, 0.6) is 11.5 Å². The van der Waals surface area contributed by atoms with Crippen molar-refractivity contribution in [1.82, 2.24) is 4.90 Å². The largest absolute Gasteiger partial charge is 0.483 e. The summed E-state index contributed by atoms with van der Waals surface area (Å²) >= 11 is 0. The van der Waals surface area contributed by atoms with Gasteiger partial charge in [0.1, 0.15) is 5.60 Å². The molecule has 2 heterocycles. The Morgan fingerprint density at radius 3 is 3.00 bits per heavy atom. The van der Waals surface area contributed by atoms with Crippen molar-refractivity contribution in [2.75, 3.05) is 13.2 Å². The standard InChI is InChI=1S/C18H25NO3/c1-13-7-4-5-10-19(13)16(20)12-21-15-9-6-8-14-11-18(2,3)22-17(14)15/h6,8-9,13H,4-5,7,10-12H2,1-3H3/t13-/m0/s1. The van der Waals surface area contributed by atoms with Crippen LogP contribution in [0.15, 0.2) is 18.2 Å². The molecule has 0 aliphatic carbocycles. The number of amides is 1. The Balaban J connectivity index is 1.65. The quantitative estimate of drug-likeness (QED) is 0.861. The first-order valence-electron chi connectivity index (χ1n) is 8.19. The second-order valence-electron chi connectivity index (χ2n) is 7.00. The van der Waals surface area contributed by atoms with Crippen molar-refractivity contribution in [2.24, 2.45) is 0 Å². The molecule has 2 aliphatic heterocycles. The van der Waals surface area contributed by atoms with Crippen molar-refractivity contribution in [2.45, 2.75) is 58.1 Å². The van der Waals surface area contributed by atoms with Crippen molar-refractivity contribution < 1.29 is 14.3 Å². The Labute approximate surface area is 132 Å². The molecule has 4 heteroatoms. The molecule has 120 valence electrons. The molecule has 1 atom stereocenters. The number of benzene rings is 1. The van der Waals surface area contributed by atoms with E-state index in [9.17, 15) is 4.79 Å².